The van der Waals surface area contributed by atoms with Gasteiger partial charge in [0.2, 0.25) is 0 Å². The Bertz CT molecular complexity index is 352. The second-order valence-corrected chi connectivity index (χ2v) is 2.64. The number of benzene rings is 1. The van der Waals surface area contributed by atoms with Gasteiger partial charge >= 0.3 is 0 Å². The van der Waals surface area contributed by atoms with Gasteiger partial charge in [0.1, 0.15) is 0 Å². The highest BCUT2D eigenvalue weighted by Gasteiger charge is 2.17. The summed E-state index contributed by atoms with van der Waals surface area (Å²) in [6.45, 7) is 3.38. The first-order chi connectivity index (χ1) is 6.61. The molecule has 0 radical (unpaired) electrons. The summed E-state index contributed by atoms with van der Waals surface area (Å²) in [6.07, 6.45) is 1.29. The van der Waals surface area contributed by atoms with Gasteiger partial charge in [-0.1, -0.05) is 12.1 Å². The lowest BCUT2D eigenvalue weighted by atomic mass is 10.1. The molecule has 0 spiro atoms. The summed E-state index contributed by atoms with van der Waals surface area (Å²) in [7, 11) is 0. The Morgan fingerprint density at radius 3 is 2.43 bits per heavy atom. The van der Waals surface area contributed by atoms with E-state index in [0.29, 0.717) is 0 Å². The summed E-state index contributed by atoms with van der Waals surface area (Å²) in [4.78, 5) is 0. The van der Waals surface area contributed by atoms with Crippen molar-refractivity contribution in [2.24, 2.45) is 5.84 Å². The fourth-order valence-electron chi connectivity index (χ4n) is 1.07. The molecule has 0 saturated carbocycles. The first kappa shape index (κ1) is 10.7. The summed E-state index contributed by atoms with van der Waals surface area (Å²) in [5, 5.41) is 0. The lowest BCUT2D eigenvalue weighted by Crippen LogP contribution is -2.27. The van der Waals surface area contributed by atoms with Crippen molar-refractivity contribution in [3.8, 4) is 0 Å². The van der Waals surface area contributed by atoms with Crippen LogP contribution in [-0.4, -0.2) is 0 Å². The molecule has 1 rings (SSSR count). The molecule has 1 atom stereocenters. The van der Waals surface area contributed by atoms with Crippen molar-refractivity contribution < 1.29 is 13.2 Å². The van der Waals surface area contributed by atoms with Gasteiger partial charge in [-0.3, -0.25) is 5.84 Å². The molecule has 0 aromatic heterocycles. The molecule has 0 heterocycles. The summed E-state index contributed by atoms with van der Waals surface area (Å²) in [6, 6.07) is 1.20. The monoisotopic (exact) mass is 202 g/mol. The molecule has 1 aromatic carbocycles. The molecule has 3 N–H and O–H groups in total. The Hall–Kier alpha value is -1.33. The second kappa shape index (κ2) is 4.26. The Morgan fingerprint density at radius 1 is 1.29 bits per heavy atom. The van der Waals surface area contributed by atoms with Gasteiger partial charge in [0.05, 0.1) is 6.04 Å². The maximum Gasteiger partial charge on any atom is 0.194 e. The van der Waals surface area contributed by atoms with Crippen LogP contribution in [0, 0.1) is 17.5 Å². The Morgan fingerprint density at radius 2 is 1.93 bits per heavy atom. The van der Waals surface area contributed by atoms with Crippen LogP contribution in [0.3, 0.4) is 0 Å². The zero-order valence-corrected chi connectivity index (χ0v) is 7.23. The molecule has 0 bridgehead atoms. The standard InChI is InChI=1S/C9H9F3N2/c1-2-7(14-13)5-3-4-6(10)9(12)8(5)11/h2-4,7,14H,1,13H2. The quantitative estimate of drug-likeness (QED) is 0.339. The van der Waals surface area contributed by atoms with Crippen LogP contribution in [0.1, 0.15) is 11.6 Å². The van der Waals surface area contributed by atoms with Crippen LogP contribution in [0.5, 0.6) is 0 Å². The average molecular weight is 202 g/mol. The fraction of sp³-hybridized carbons (Fsp3) is 0.111. The number of nitrogens with two attached hydrogens (primary N) is 1. The van der Waals surface area contributed by atoms with E-state index in [1.807, 2.05) is 0 Å². The van der Waals surface area contributed by atoms with Crippen LogP contribution >= 0.6 is 0 Å². The van der Waals surface area contributed by atoms with Gasteiger partial charge in [0.25, 0.3) is 0 Å². The van der Waals surface area contributed by atoms with E-state index in [2.05, 4.69) is 12.0 Å². The highest BCUT2D eigenvalue weighted by atomic mass is 19.2. The van der Waals surface area contributed by atoms with Crippen molar-refractivity contribution >= 4 is 0 Å². The average Bonchev–Trinajstić information content (AvgIpc) is 2.19. The van der Waals surface area contributed by atoms with Crippen LogP contribution in [0.25, 0.3) is 0 Å². The smallest absolute Gasteiger partial charge is 0.194 e. The normalized spacial score (nSPS) is 12.6. The molecule has 0 amide bonds. The molecule has 0 saturated heterocycles. The molecular formula is C9H9F3N2. The molecule has 0 aliphatic carbocycles. The van der Waals surface area contributed by atoms with Crippen molar-refractivity contribution in [3.05, 3.63) is 47.8 Å². The van der Waals surface area contributed by atoms with E-state index in [1.54, 1.807) is 0 Å². The first-order valence-corrected chi connectivity index (χ1v) is 3.84. The molecule has 76 valence electrons. The lowest BCUT2D eigenvalue weighted by Gasteiger charge is -2.12. The van der Waals surface area contributed by atoms with Crippen molar-refractivity contribution in [3.63, 3.8) is 0 Å². The largest absolute Gasteiger partial charge is 0.271 e. The van der Waals surface area contributed by atoms with Crippen LogP contribution in [0.15, 0.2) is 24.8 Å². The lowest BCUT2D eigenvalue weighted by molar-refractivity contribution is 0.434. The molecular weight excluding hydrogens is 193 g/mol. The Balaban J connectivity index is 3.22. The predicted octanol–water partition coefficient (Wildman–Crippen LogP) is 1.79. The maximum absolute atomic E-state index is 13.1. The van der Waals surface area contributed by atoms with Crippen molar-refractivity contribution in [2.75, 3.05) is 0 Å². The van der Waals surface area contributed by atoms with Crippen LogP contribution in [0.2, 0.25) is 0 Å². The predicted molar refractivity (Wildman–Crippen MR) is 46.6 cm³/mol. The first-order valence-electron chi connectivity index (χ1n) is 3.84. The Kier molecular flexibility index (Phi) is 3.27. The van der Waals surface area contributed by atoms with Crippen LogP contribution in [-0.2, 0) is 0 Å². The van der Waals surface area contributed by atoms with Gasteiger partial charge < -0.3 is 0 Å². The number of halogens is 3. The van der Waals surface area contributed by atoms with Crippen molar-refractivity contribution in [1.82, 2.24) is 5.43 Å². The van der Waals surface area contributed by atoms with Crippen LogP contribution < -0.4 is 11.3 Å². The van der Waals surface area contributed by atoms with E-state index in [0.717, 1.165) is 12.1 Å². The van der Waals surface area contributed by atoms with Crippen LogP contribution in [0.4, 0.5) is 13.2 Å². The van der Waals surface area contributed by atoms with E-state index >= 15 is 0 Å². The second-order valence-electron chi connectivity index (χ2n) is 2.64. The summed E-state index contributed by atoms with van der Waals surface area (Å²) in [5.41, 5.74) is 2.13. The van der Waals surface area contributed by atoms with Gasteiger partial charge in [0, 0.05) is 5.56 Å². The molecule has 0 aliphatic heterocycles. The zero-order chi connectivity index (χ0) is 10.7. The van der Waals surface area contributed by atoms with Crippen molar-refractivity contribution in [1.29, 1.82) is 0 Å². The van der Waals surface area contributed by atoms with E-state index < -0.39 is 23.5 Å². The highest BCUT2D eigenvalue weighted by Crippen LogP contribution is 2.21. The van der Waals surface area contributed by atoms with Gasteiger partial charge in [0.15, 0.2) is 17.5 Å². The molecule has 5 heteroatoms. The SMILES string of the molecule is C=CC(NN)c1ccc(F)c(F)c1F. The zero-order valence-electron chi connectivity index (χ0n) is 7.23. The number of rotatable bonds is 3. The molecule has 1 unspecified atom stereocenters. The van der Waals surface area contributed by atoms with E-state index in [1.165, 1.54) is 6.08 Å². The molecule has 14 heavy (non-hydrogen) atoms. The number of hydrogen-bond donors (Lipinski definition) is 2. The van der Waals surface area contributed by atoms with E-state index in [9.17, 15) is 13.2 Å². The number of hydrogen-bond acceptors (Lipinski definition) is 2. The van der Waals surface area contributed by atoms with E-state index in [-0.39, 0.29) is 5.56 Å². The number of nitrogens with one attached hydrogen (secondary N) is 1. The molecule has 1 aromatic rings. The minimum Gasteiger partial charge on any atom is -0.271 e. The van der Waals surface area contributed by atoms with Gasteiger partial charge in [-0.25, -0.2) is 18.6 Å². The summed E-state index contributed by atoms with van der Waals surface area (Å²) >= 11 is 0. The third kappa shape index (κ3) is 1.78. The van der Waals surface area contributed by atoms with Gasteiger partial charge in [-0.15, -0.1) is 6.58 Å². The van der Waals surface area contributed by atoms with Gasteiger partial charge in [-0.2, -0.15) is 0 Å². The van der Waals surface area contributed by atoms with Crippen molar-refractivity contribution in [2.45, 2.75) is 6.04 Å². The minimum atomic E-state index is -1.51. The van der Waals surface area contributed by atoms with E-state index in [4.69, 9.17) is 5.84 Å². The maximum atomic E-state index is 13.1. The fourth-order valence-corrected chi connectivity index (χ4v) is 1.07. The molecule has 2 nitrogen and oxygen atoms in total. The third-order valence-corrected chi connectivity index (χ3v) is 1.82. The highest BCUT2D eigenvalue weighted by molar-refractivity contribution is 5.26. The molecule has 0 fully saturated rings. The van der Waals surface area contributed by atoms with Gasteiger partial charge in [-0.05, 0) is 6.07 Å². The Labute approximate surface area is 79.2 Å². The summed E-state index contributed by atoms with van der Waals surface area (Å²) < 4.78 is 38.4. The minimum absolute atomic E-state index is 0.0820. The third-order valence-electron chi connectivity index (χ3n) is 1.82. The number of hydrazine groups is 1. The topological polar surface area (TPSA) is 38.0 Å². The summed E-state index contributed by atoms with van der Waals surface area (Å²) in [5.74, 6) is 1.07. The molecule has 0 aliphatic rings.